The fourth-order valence-corrected chi connectivity index (χ4v) is 2.08. The molecular formula is C15H13ClF2. The standard InChI is InChI=1S/C15H13ClF2/c1-10-6-7-11(9-15(10)18)13(16)8-12-4-2-3-5-14(12)17/h2-7,9,13H,8H2,1H3. The molecule has 2 aromatic rings. The predicted molar refractivity (Wildman–Crippen MR) is 69.8 cm³/mol. The third-order valence-electron chi connectivity index (χ3n) is 2.91. The van der Waals surface area contributed by atoms with Crippen LogP contribution in [0.2, 0.25) is 0 Å². The third-order valence-corrected chi connectivity index (χ3v) is 3.32. The Morgan fingerprint density at radius 1 is 1.06 bits per heavy atom. The summed E-state index contributed by atoms with van der Waals surface area (Å²) in [5.41, 5.74) is 1.79. The van der Waals surface area contributed by atoms with Gasteiger partial charge in [-0.05, 0) is 42.2 Å². The van der Waals surface area contributed by atoms with Gasteiger partial charge in [0.15, 0.2) is 0 Å². The van der Waals surface area contributed by atoms with E-state index in [0.717, 1.165) is 0 Å². The van der Waals surface area contributed by atoms with Crippen molar-refractivity contribution in [1.29, 1.82) is 0 Å². The highest BCUT2D eigenvalue weighted by atomic mass is 35.5. The molecule has 0 bridgehead atoms. The molecule has 2 aromatic carbocycles. The lowest BCUT2D eigenvalue weighted by molar-refractivity contribution is 0.604. The molecule has 94 valence electrons. The van der Waals surface area contributed by atoms with Crippen molar-refractivity contribution in [3.8, 4) is 0 Å². The zero-order valence-electron chi connectivity index (χ0n) is 9.96. The minimum Gasteiger partial charge on any atom is -0.207 e. The second kappa shape index (κ2) is 5.49. The molecule has 2 rings (SSSR count). The molecule has 0 radical (unpaired) electrons. The van der Waals surface area contributed by atoms with Crippen molar-refractivity contribution in [2.75, 3.05) is 0 Å². The number of alkyl halides is 1. The first-order chi connectivity index (χ1) is 8.58. The van der Waals surface area contributed by atoms with Gasteiger partial charge in [0, 0.05) is 0 Å². The molecule has 1 unspecified atom stereocenters. The second-order valence-electron chi connectivity index (χ2n) is 4.27. The molecule has 0 heterocycles. The van der Waals surface area contributed by atoms with E-state index in [1.54, 1.807) is 37.3 Å². The molecule has 0 nitrogen and oxygen atoms in total. The summed E-state index contributed by atoms with van der Waals surface area (Å²) in [6, 6.07) is 11.3. The number of hydrogen-bond donors (Lipinski definition) is 0. The summed E-state index contributed by atoms with van der Waals surface area (Å²) in [6.45, 7) is 1.69. The maximum absolute atomic E-state index is 13.5. The summed E-state index contributed by atoms with van der Waals surface area (Å²) in [7, 11) is 0. The highest BCUT2D eigenvalue weighted by molar-refractivity contribution is 6.20. The number of rotatable bonds is 3. The first-order valence-electron chi connectivity index (χ1n) is 5.71. The van der Waals surface area contributed by atoms with Crippen LogP contribution in [0.1, 0.15) is 22.1 Å². The van der Waals surface area contributed by atoms with E-state index in [0.29, 0.717) is 23.1 Å². The summed E-state index contributed by atoms with van der Waals surface area (Å²) in [5.74, 6) is -0.567. The molecule has 0 aromatic heterocycles. The Morgan fingerprint density at radius 2 is 1.78 bits per heavy atom. The first kappa shape index (κ1) is 13.0. The molecule has 0 N–H and O–H groups in total. The van der Waals surface area contributed by atoms with Gasteiger partial charge in [-0.2, -0.15) is 0 Å². The topological polar surface area (TPSA) is 0 Å². The number of benzene rings is 2. The predicted octanol–water partition coefficient (Wildman–Crippen LogP) is 4.80. The molecule has 0 saturated heterocycles. The highest BCUT2D eigenvalue weighted by Crippen LogP contribution is 2.27. The molecule has 0 spiro atoms. The minimum atomic E-state index is -0.433. The van der Waals surface area contributed by atoms with E-state index >= 15 is 0 Å². The Bertz CT molecular complexity index is 552. The van der Waals surface area contributed by atoms with Gasteiger partial charge in [-0.15, -0.1) is 11.6 Å². The zero-order chi connectivity index (χ0) is 13.1. The zero-order valence-corrected chi connectivity index (χ0v) is 10.7. The van der Waals surface area contributed by atoms with Crippen molar-refractivity contribution in [2.45, 2.75) is 18.7 Å². The van der Waals surface area contributed by atoms with Crippen LogP contribution in [0, 0.1) is 18.6 Å². The van der Waals surface area contributed by atoms with Crippen molar-refractivity contribution in [3.63, 3.8) is 0 Å². The largest absolute Gasteiger partial charge is 0.207 e. The lowest BCUT2D eigenvalue weighted by Crippen LogP contribution is -1.99. The van der Waals surface area contributed by atoms with E-state index in [1.807, 2.05) is 0 Å². The van der Waals surface area contributed by atoms with Gasteiger partial charge < -0.3 is 0 Å². The van der Waals surface area contributed by atoms with Crippen LogP contribution < -0.4 is 0 Å². The summed E-state index contributed by atoms with van der Waals surface area (Å²) < 4.78 is 26.9. The first-order valence-corrected chi connectivity index (χ1v) is 6.15. The van der Waals surface area contributed by atoms with Gasteiger partial charge in [-0.1, -0.05) is 30.3 Å². The molecule has 1 atom stereocenters. The monoisotopic (exact) mass is 266 g/mol. The van der Waals surface area contributed by atoms with Gasteiger partial charge >= 0.3 is 0 Å². The van der Waals surface area contributed by atoms with Crippen LogP contribution in [0.5, 0.6) is 0 Å². The van der Waals surface area contributed by atoms with Crippen LogP contribution in [0.15, 0.2) is 42.5 Å². The smallest absolute Gasteiger partial charge is 0.126 e. The van der Waals surface area contributed by atoms with Crippen LogP contribution in [-0.2, 0) is 6.42 Å². The van der Waals surface area contributed by atoms with Gasteiger partial charge in [0.1, 0.15) is 11.6 Å². The van der Waals surface area contributed by atoms with E-state index in [9.17, 15) is 8.78 Å². The molecule has 0 saturated carbocycles. The lowest BCUT2D eigenvalue weighted by atomic mass is 10.0. The average Bonchev–Trinajstić information content (AvgIpc) is 2.35. The van der Waals surface area contributed by atoms with Gasteiger partial charge in [0.25, 0.3) is 0 Å². The lowest BCUT2D eigenvalue weighted by Gasteiger charge is -2.11. The normalized spacial score (nSPS) is 12.4. The van der Waals surface area contributed by atoms with Crippen LogP contribution in [0.3, 0.4) is 0 Å². The van der Waals surface area contributed by atoms with Crippen LogP contribution in [0.4, 0.5) is 8.78 Å². The quantitative estimate of drug-likeness (QED) is 0.701. The minimum absolute atomic E-state index is 0.282. The van der Waals surface area contributed by atoms with Crippen molar-refractivity contribution in [2.24, 2.45) is 0 Å². The molecule has 0 aliphatic rings. The van der Waals surface area contributed by atoms with Crippen LogP contribution in [0.25, 0.3) is 0 Å². The SMILES string of the molecule is Cc1ccc(C(Cl)Cc2ccccc2F)cc1F. The maximum Gasteiger partial charge on any atom is 0.126 e. The Hall–Kier alpha value is -1.41. The van der Waals surface area contributed by atoms with Crippen molar-refractivity contribution < 1.29 is 8.78 Å². The Labute approximate surface area is 110 Å². The van der Waals surface area contributed by atoms with Crippen molar-refractivity contribution in [3.05, 3.63) is 70.8 Å². The molecule has 0 aliphatic heterocycles. The summed E-state index contributed by atoms with van der Waals surface area (Å²) in [5, 5.41) is -0.433. The third kappa shape index (κ3) is 2.88. The van der Waals surface area contributed by atoms with Gasteiger partial charge in [0.05, 0.1) is 5.38 Å². The number of halogens is 3. The second-order valence-corrected chi connectivity index (χ2v) is 4.80. The molecule has 0 fully saturated rings. The van der Waals surface area contributed by atoms with Crippen molar-refractivity contribution in [1.82, 2.24) is 0 Å². The highest BCUT2D eigenvalue weighted by Gasteiger charge is 2.12. The molecule has 0 aliphatic carbocycles. The Balaban J connectivity index is 2.19. The Morgan fingerprint density at radius 3 is 2.44 bits per heavy atom. The Kier molecular flexibility index (Phi) is 3.97. The van der Waals surface area contributed by atoms with Crippen LogP contribution >= 0.6 is 11.6 Å². The van der Waals surface area contributed by atoms with Gasteiger partial charge in [-0.3, -0.25) is 0 Å². The van der Waals surface area contributed by atoms with E-state index in [4.69, 9.17) is 11.6 Å². The molecule has 3 heteroatoms. The fraction of sp³-hybridized carbons (Fsp3) is 0.200. The van der Waals surface area contributed by atoms with E-state index < -0.39 is 5.38 Å². The molecule has 18 heavy (non-hydrogen) atoms. The van der Waals surface area contributed by atoms with Gasteiger partial charge in [-0.25, -0.2) is 8.78 Å². The number of hydrogen-bond acceptors (Lipinski definition) is 0. The average molecular weight is 267 g/mol. The van der Waals surface area contributed by atoms with Crippen LogP contribution in [-0.4, -0.2) is 0 Å². The summed E-state index contributed by atoms with van der Waals surface area (Å²) in [6.07, 6.45) is 0.344. The van der Waals surface area contributed by atoms with E-state index in [-0.39, 0.29) is 11.6 Å². The van der Waals surface area contributed by atoms with Crippen molar-refractivity contribution >= 4 is 11.6 Å². The number of aryl methyl sites for hydroxylation is 1. The van der Waals surface area contributed by atoms with Gasteiger partial charge in [0.2, 0.25) is 0 Å². The summed E-state index contributed by atoms with van der Waals surface area (Å²) >= 11 is 6.20. The van der Waals surface area contributed by atoms with E-state index in [1.165, 1.54) is 12.1 Å². The maximum atomic E-state index is 13.5. The summed E-state index contributed by atoms with van der Waals surface area (Å²) in [4.78, 5) is 0. The fourth-order valence-electron chi connectivity index (χ4n) is 1.78. The van der Waals surface area contributed by atoms with E-state index in [2.05, 4.69) is 0 Å². The molecular weight excluding hydrogens is 254 g/mol. The molecule has 0 amide bonds.